The summed E-state index contributed by atoms with van der Waals surface area (Å²) in [6.07, 6.45) is 2.89. The smallest absolute Gasteiger partial charge is 0.407 e. The van der Waals surface area contributed by atoms with Gasteiger partial charge in [-0.2, -0.15) is 0 Å². The molecular formula is C20H30FIN6O2. The van der Waals surface area contributed by atoms with Crippen LogP contribution in [0.15, 0.2) is 35.6 Å². The number of alkyl carbamates (subject to hydrolysis) is 1. The van der Waals surface area contributed by atoms with Crippen LogP contribution < -0.4 is 16.0 Å². The number of aryl methyl sites for hydroxylation is 1. The molecule has 1 heterocycles. The third kappa shape index (κ3) is 8.17. The summed E-state index contributed by atoms with van der Waals surface area (Å²) in [4.78, 5) is 19.8. The zero-order valence-corrected chi connectivity index (χ0v) is 20.3. The van der Waals surface area contributed by atoms with Crippen molar-refractivity contribution >= 4 is 36.0 Å². The Balaban J connectivity index is 0.00000450. The number of imidazole rings is 1. The zero-order valence-electron chi connectivity index (χ0n) is 18.0. The maximum Gasteiger partial charge on any atom is 0.407 e. The predicted molar refractivity (Wildman–Crippen MR) is 126 cm³/mol. The summed E-state index contributed by atoms with van der Waals surface area (Å²) in [7, 11) is 1.64. The third-order valence-electron chi connectivity index (χ3n) is 3.87. The van der Waals surface area contributed by atoms with Gasteiger partial charge in [0.1, 0.15) is 17.2 Å². The fourth-order valence-electron chi connectivity index (χ4n) is 2.55. The highest BCUT2D eigenvalue weighted by atomic mass is 127. The number of nitrogens with one attached hydrogen (secondary N) is 3. The number of ether oxygens (including phenoxy) is 1. The lowest BCUT2D eigenvalue weighted by Crippen LogP contribution is -2.42. The van der Waals surface area contributed by atoms with E-state index in [0.29, 0.717) is 31.3 Å². The fourth-order valence-corrected chi connectivity index (χ4v) is 2.55. The molecule has 0 atom stereocenters. The van der Waals surface area contributed by atoms with Crippen LogP contribution in [-0.2, 0) is 11.3 Å². The molecule has 1 amide bonds. The van der Waals surface area contributed by atoms with Crippen molar-refractivity contribution in [2.45, 2.75) is 39.8 Å². The van der Waals surface area contributed by atoms with Crippen molar-refractivity contribution in [3.8, 4) is 5.69 Å². The molecule has 0 aliphatic rings. The minimum absolute atomic E-state index is 0. The molecule has 8 nitrogen and oxygen atoms in total. The summed E-state index contributed by atoms with van der Waals surface area (Å²) in [6.45, 7) is 8.49. The molecule has 1 aromatic heterocycles. The van der Waals surface area contributed by atoms with Crippen molar-refractivity contribution < 1.29 is 13.9 Å². The van der Waals surface area contributed by atoms with Gasteiger partial charge in [-0.3, -0.25) is 4.99 Å². The molecule has 0 unspecified atom stereocenters. The van der Waals surface area contributed by atoms with Crippen LogP contribution in [0.2, 0.25) is 0 Å². The Morgan fingerprint density at radius 2 is 1.93 bits per heavy atom. The lowest BCUT2D eigenvalue weighted by Gasteiger charge is -2.20. The Bertz CT molecular complexity index is 863. The van der Waals surface area contributed by atoms with Gasteiger partial charge in [0.2, 0.25) is 0 Å². The first-order valence-corrected chi connectivity index (χ1v) is 9.39. The second-order valence-electron chi connectivity index (χ2n) is 7.41. The second-order valence-corrected chi connectivity index (χ2v) is 7.41. The van der Waals surface area contributed by atoms with Gasteiger partial charge >= 0.3 is 6.09 Å². The first kappa shape index (κ1) is 25.7. The molecule has 30 heavy (non-hydrogen) atoms. The van der Waals surface area contributed by atoms with E-state index in [1.54, 1.807) is 30.1 Å². The number of aromatic nitrogens is 2. The van der Waals surface area contributed by atoms with E-state index in [2.05, 4.69) is 25.9 Å². The Labute approximate surface area is 193 Å². The number of aliphatic imine (C=N–C) groups is 1. The Morgan fingerprint density at radius 3 is 2.50 bits per heavy atom. The molecule has 0 aliphatic heterocycles. The highest BCUT2D eigenvalue weighted by Crippen LogP contribution is 2.16. The number of carbonyl (C=O) groups excluding carboxylic acids is 1. The number of amides is 1. The van der Waals surface area contributed by atoms with Crippen LogP contribution in [0.5, 0.6) is 0 Å². The van der Waals surface area contributed by atoms with E-state index < -0.39 is 11.7 Å². The Kier molecular flexibility index (Phi) is 10.0. The van der Waals surface area contributed by atoms with Gasteiger partial charge < -0.3 is 25.3 Å². The summed E-state index contributed by atoms with van der Waals surface area (Å²) in [5, 5.41) is 8.85. The molecular weight excluding hydrogens is 502 g/mol. The summed E-state index contributed by atoms with van der Waals surface area (Å²) in [5.41, 5.74) is 0.703. The molecule has 0 bridgehead atoms. The minimum Gasteiger partial charge on any atom is -0.444 e. The lowest BCUT2D eigenvalue weighted by atomic mass is 10.2. The number of halogens is 2. The van der Waals surface area contributed by atoms with Gasteiger partial charge in [-0.1, -0.05) is 6.07 Å². The zero-order chi connectivity index (χ0) is 21.4. The van der Waals surface area contributed by atoms with Crippen LogP contribution in [-0.4, -0.2) is 47.3 Å². The largest absolute Gasteiger partial charge is 0.444 e. The van der Waals surface area contributed by atoms with Gasteiger partial charge in [-0.15, -0.1) is 24.0 Å². The van der Waals surface area contributed by atoms with Crippen LogP contribution in [0.1, 0.15) is 32.2 Å². The number of benzene rings is 1. The van der Waals surface area contributed by atoms with Gasteiger partial charge in [0.05, 0.1) is 5.69 Å². The van der Waals surface area contributed by atoms with E-state index in [1.165, 1.54) is 6.07 Å². The van der Waals surface area contributed by atoms with Crippen molar-refractivity contribution in [3.05, 3.63) is 47.8 Å². The molecule has 0 saturated carbocycles. The van der Waals surface area contributed by atoms with Gasteiger partial charge in [-0.05, 0) is 45.4 Å². The molecule has 0 fully saturated rings. The second kappa shape index (κ2) is 11.7. The summed E-state index contributed by atoms with van der Waals surface area (Å²) < 4.78 is 21.3. The van der Waals surface area contributed by atoms with Gasteiger partial charge in [0.25, 0.3) is 0 Å². The lowest BCUT2D eigenvalue weighted by molar-refractivity contribution is 0.0529. The third-order valence-corrected chi connectivity index (χ3v) is 3.87. The highest BCUT2D eigenvalue weighted by molar-refractivity contribution is 14.0. The van der Waals surface area contributed by atoms with E-state index in [-0.39, 0.29) is 29.8 Å². The molecule has 2 aromatic rings. The molecule has 2 rings (SSSR count). The first-order valence-electron chi connectivity index (χ1n) is 9.39. The van der Waals surface area contributed by atoms with Crippen molar-refractivity contribution in [1.82, 2.24) is 25.5 Å². The van der Waals surface area contributed by atoms with Crippen molar-refractivity contribution in [2.75, 3.05) is 20.1 Å². The standard InChI is InChI=1S/C20H29FN6O2.HI/c1-14-23-10-11-27(14)17-7-6-15(12-16(17)21)13-26-18(22-5)24-8-9-25-19(28)29-20(2,3)4;/h6-7,10-12H,8-9,13H2,1-5H3,(H,25,28)(H2,22,24,26);1H. The van der Waals surface area contributed by atoms with Crippen molar-refractivity contribution in [3.63, 3.8) is 0 Å². The molecule has 1 aromatic carbocycles. The normalized spacial score (nSPS) is 11.5. The van der Waals surface area contributed by atoms with Crippen molar-refractivity contribution in [1.29, 1.82) is 0 Å². The van der Waals surface area contributed by atoms with Crippen LogP contribution >= 0.6 is 24.0 Å². The van der Waals surface area contributed by atoms with E-state index in [0.717, 1.165) is 11.4 Å². The molecule has 10 heteroatoms. The molecule has 3 N–H and O–H groups in total. The van der Waals surface area contributed by atoms with Crippen LogP contribution in [0.3, 0.4) is 0 Å². The van der Waals surface area contributed by atoms with Crippen LogP contribution in [0.25, 0.3) is 5.69 Å². The van der Waals surface area contributed by atoms with E-state index >= 15 is 0 Å². The monoisotopic (exact) mass is 532 g/mol. The summed E-state index contributed by atoms with van der Waals surface area (Å²) >= 11 is 0. The molecule has 166 valence electrons. The van der Waals surface area contributed by atoms with E-state index in [4.69, 9.17) is 4.74 Å². The molecule has 0 radical (unpaired) electrons. The predicted octanol–water partition coefficient (Wildman–Crippen LogP) is 3.13. The van der Waals surface area contributed by atoms with Gasteiger partial charge in [0.15, 0.2) is 5.96 Å². The SMILES string of the molecule is CN=C(NCCNC(=O)OC(C)(C)C)NCc1ccc(-n2ccnc2C)c(F)c1.I. The quantitative estimate of drug-likeness (QED) is 0.230. The topological polar surface area (TPSA) is 92.6 Å². The summed E-state index contributed by atoms with van der Waals surface area (Å²) in [5.74, 6) is 0.945. The maximum atomic E-state index is 14.5. The Hall–Kier alpha value is -2.37. The minimum atomic E-state index is -0.531. The van der Waals surface area contributed by atoms with E-state index in [1.807, 2.05) is 33.8 Å². The first-order chi connectivity index (χ1) is 13.7. The average Bonchev–Trinajstić information content (AvgIpc) is 3.05. The molecule has 0 aliphatic carbocycles. The maximum absolute atomic E-state index is 14.5. The number of nitrogens with zero attached hydrogens (tertiary/aromatic N) is 3. The van der Waals surface area contributed by atoms with Gasteiger partial charge in [-0.25, -0.2) is 14.2 Å². The highest BCUT2D eigenvalue weighted by Gasteiger charge is 2.15. The number of rotatable bonds is 6. The number of hydrogen-bond donors (Lipinski definition) is 3. The number of guanidine groups is 1. The Morgan fingerprint density at radius 1 is 1.23 bits per heavy atom. The van der Waals surface area contributed by atoms with Crippen LogP contribution in [0.4, 0.5) is 9.18 Å². The fraction of sp³-hybridized carbons (Fsp3) is 0.450. The van der Waals surface area contributed by atoms with Gasteiger partial charge in [0, 0.05) is 39.1 Å². The van der Waals surface area contributed by atoms with Crippen LogP contribution in [0, 0.1) is 12.7 Å². The number of carbonyl (C=O) groups is 1. The summed E-state index contributed by atoms with van der Waals surface area (Å²) in [6, 6.07) is 5.06. The van der Waals surface area contributed by atoms with E-state index in [9.17, 15) is 9.18 Å². The van der Waals surface area contributed by atoms with Crippen molar-refractivity contribution in [2.24, 2.45) is 4.99 Å². The molecule has 0 spiro atoms. The average molecular weight is 532 g/mol. The number of hydrogen-bond acceptors (Lipinski definition) is 4. The molecule has 0 saturated heterocycles.